The van der Waals surface area contributed by atoms with E-state index in [1.54, 1.807) is 0 Å². The van der Waals surface area contributed by atoms with Crippen LogP contribution in [0.1, 0.15) is 5.56 Å². The smallest absolute Gasteiger partial charge is 0.0314 e. The Hall–Kier alpha value is -1.06. The number of nitrogens with zero attached hydrogens (tertiary/aromatic N) is 1. The molecule has 0 saturated carbocycles. The van der Waals surface area contributed by atoms with Crippen LogP contribution >= 0.6 is 0 Å². The van der Waals surface area contributed by atoms with E-state index >= 15 is 0 Å². The molecule has 2 heterocycles. The number of anilines is 1. The molecule has 2 fully saturated rings. The average Bonchev–Trinajstić information content (AvgIpc) is 2.88. The van der Waals surface area contributed by atoms with E-state index in [0.717, 1.165) is 23.9 Å². The first-order chi connectivity index (χ1) is 8.31. The van der Waals surface area contributed by atoms with E-state index in [9.17, 15) is 0 Å². The van der Waals surface area contributed by atoms with E-state index in [2.05, 4.69) is 22.3 Å². The van der Waals surface area contributed by atoms with E-state index in [1.165, 1.54) is 38.3 Å². The number of fused-ring (bicyclic) bond motifs is 1. The van der Waals surface area contributed by atoms with Crippen molar-refractivity contribution in [1.82, 2.24) is 10.2 Å². The SMILES string of the molecule is Nc1ccc(CCN2CC3CNCC3C2)cc1. The maximum absolute atomic E-state index is 5.69. The van der Waals surface area contributed by atoms with E-state index < -0.39 is 0 Å². The Morgan fingerprint density at radius 3 is 2.41 bits per heavy atom. The van der Waals surface area contributed by atoms with Crippen LogP contribution < -0.4 is 11.1 Å². The van der Waals surface area contributed by atoms with Gasteiger partial charge >= 0.3 is 0 Å². The first kappa shape index (κ1) is 11.1. The summed E-state index contributed by atoms with van der Waals surface area (Å²) >= 11 is 0. The quantitative estimate of drug-likeness (QED) is 0.761. The number of benzene rings is 1. The molecule has 2 saturated heterocycles. The molecule has 1 aromatic carbocycles. The summed E-state index contributed by atoms with van der Waals surface area (Å²) in [5, 5.41) is 3.48. The predicted molar refractivity (Wildman–Crippen MR) is 70.8 cm³/mol. The van der Waals surface area contributed by atoms with E-state index in [1.807, 2.05) is 12.1 Å². The molecule has 0 amide bonds. The Bertz CT molecular complexity index is 362. The lowest BCUT2D eigenvalue weighted by molar-refractivity contribution is 0.317. The van der Waals surface area contributed by atoms with Gasteiger partial charge in [-0.05, 0) is 49.0 Å². The number of hydrogen-bond acceptors (Lipinski definition) is 3. The minimum Gasteiger partial charge on any atom is -0.399 e. The normalized spacial score (nSPS) is 28.5. The van der Waals surface area contributed by atoms with Gasteiger partial charge in [0.2, 0.25) is 0 Å². The maximum Gasteiger partial charge on any atom is 0.0314 e. The molecule has 92 valence electrons. The summed E-state index contributed by atoms with van der Waals surface area (Å²) in [4.78, 5) is 2.62. The zero-order valence-corrected chi connectivity index (χ0v) is 10.2. The fraction of sp³-hybridized carbons (Fsp3) is 0.571. The van der Waals surface area contributed by atoms with Crippen molar-refractivity contribution >= 4 is 5.69 Å². The molecular formula is C14H21N3. The molecular weight excluding hydrogens is 210 g/mol. The lowest BCUT2D eigenvalue weighted by Crippen LogP contribution is -2.27. The molecule has 3 rings (SSSR count). The maximum atomic E-state index is 5.69. The first-order valence-corrected chi connectivity index (χ1v) is 6.59. The largest absolute Gasteiger partial charge is 0.399 e. The molecule has 2 aliphatic heterocycles. The number of likely N-dealkylation sites (tertiary alicyclic amines) is 1. The van der Waals surface area contributed by atoms with Crippen molar-refractivity contribution in [2.75, 3.05) is 38.5 Å². The highest BCUT2D eigenvalue weighted by Crippen LogP contribution is 2.26. The van der Waals surface area contributed by atoms with Gasteiger partial charge in [-0.2, -0.15) is 0 Å². The fourth-order valence-electron chi connectivity index (χ4n) is 3.11. The Morgan fingerprint density at radius 2 is 1.76 bits per heavy atom. The van der Waals surface area contributed by atoms with Crippen molar-refractivity contribution in [3.05, 3.63) is 29.8 Å². The van der Waals surface area contributed by atoms with Crippen molar-refractivity contribution in [1.29, 1.82) is 0 Å². The number of hydrogen-bond donors (Lipinski definition) is 2. The van der Waals surface area contributed by atoms with Crippen molar-refractivity contribution in [2.45, 2.75) is 6.42 Å². The number of nitrogen functional groups attached to an aromatic ring is 1. The van der Waals surface area contributed by atoms with E-state index in [4.69, 9.17) is 5.73 Å². The topological polar surface area (TPSA) is 41.3 Å². The molecule has 3 N–H and O–H groups in total. The van der Waals surface area contributed by atoms with Gasteiger partial charge in [-0.15, -0.1) is 0 Å². The standard InChI is InChI=1S/C14H21N3/c15-14-3-1-11(2-4-14)5-6-17-9-12-7-16-8-13(12)10-17/h1-4,12-13,16H,5-10,15H2. The zero-order valence-electron chi connectivity index (χ0n) is 10.2. The number of nitrogens with two attached hydrogens (primary N) is 1. The van der Waals surface area contributed by atoms with Crippen LogP contribution in [0, 0.1) is 11.8 Å². The van der Waals surface area contributed by atoms with Gasteiger partial charge in [0.15, 0.2) is 0 Å². The first-order valence-electron chi connectivity index (χ1n) is 6.59. The number of nitrogens with one attached hydrogen (secondary N) is 1. The molecule has 3 nitrogen and oxygen atoms in total. The van der Waals surface area contributed by atoms with Crippen LogP contribution in [0.3, 0.4) is 0 Å². The zero-order chi connectivity index (χ0) is 11.7. The Morgan fingerprint density at radius 1 is 1.12 bits per heavy atom. The second kappa shape index (κ2) is 4.67. The molecule has 0 aromatic heterocycles. The van der Waals surface area contributed by atoms with Gasteiger partial charge in [0.1, 0.15) is 0 Å². The van der Waals surface area contributed by atoms with Crippen LogP contribution in [0.4, 0.5) is 5.69 Å². The monoisotopic (exact) mass is 231 g/mol. The van der Waals surface area contributed by atoms with Crippen LogP contribution in [0.5, 0.6) is 0 Å². The molecule has 0 bridgehead atoms. The van der Waals surface area contributed by atoms with E-state index in [-0.39, 0.29) is 0 Å². The molecule has 1 aromatic rings. The molecule has 17 heavy (non-hydrogen) atoms. The third kappa shape index (κ3) is 2.45. The lowest BCUT2D eigenvalue weighted by atomic mass is 10.0. The Balaban J connectivity index is 1.50. The third-order valence-electron chi connectivity index (χ3n) is 4.16. The summed E-state index contributed by atoms with van der Waals surface area (Å²) < 4.78 is 0. The Labute approximate surface area is 103 Å². The van der Waals surface area contributed by atoms with Crippen LogP contribution in [-0.2, 0) is 6.42 Å². The van der Waals surface area contributed by atoms with E-state index in [0.29, 0.717) is 0 Å². The second-order valence-electron chi connectivity index (χ2n) is 5.43. The summed E-state index contributed by atoms with van der Waals surface area (Å²) in [6.07, 6.45) is 1.15. The molecule has 0 radical (unpaired) electrons. The summed E-state index contributed by atoms with van der Waals surface area (Å²) in [5.74, 6) is 1.81. The van der Waals surface area contributed by atoms with Crippen molar-refractivity contribution in [3.63, 3.8) is 0 Å². The summed E-state index contributed by atoms with van der Waals surface area (Å²) in [6.45, 7) is 6.21. The van der Waals surface area contributed by atoms with Gasteiger partial charge in [0.05, 0.1) is 0 Å². The highest BCUT2D eigenvalue weighted by Gasteiger charge is 2.35. The lowest BCUT2D eigenvalue weighted by Gasteiger charge is -2.16. The minimum atomic E-state index is 0.857. The van der Waals surface area contributed by atoms with Crippen molar-refractivity contribution in [2.24, 2.45) is 11.8 Å². The minimum absolute atomic E-state index is 0.857. The number of rotatable bonds is 3. The Kier molecular flexibility index (Phi) is 3.04. The van der Waals surface area contributed by atoms with Crippen LogP contribution in [0.15, 0.2) is 24.3 Å². The highest BCUT2D eigenvalue weighted by atomic mass is 15.2. The van der Waals surface area contributed by atoms with Gasteiger partial charge in [-0.25, -0.2) is 0 Å². The molecule has 2 aliphatic rings. The molecule has 2 atom stereocenters. The molecule has 0 aliphatic carbocycles. The molecule has 2 unspecified atom stereocenters. The van der Waals surface area contributed by atoms with Gasteiger partial charge in [-0.1, -0.05) is 12.1 Å². The molecule has 3 heteroatoms. The van der Waals surface area contributed by atoms with Gasteiger partial charge in [0.25, 0.3) is 0 Å². The van der Waals surface area contributed by atoms with Gasteiger partial charge in [0, 0.05) is 25.3 Å². The summed E-state index contributed by atoms with van der Waals surface area (Å²) in [6, 6.07) is 8.29. The van der Waals surface area contributed by atoms with Crippen LogP contribution in [-0.4, -0.2) is 37.6 Å². The third-order valence-corrected chi connectivity index (χ3v) is 4.16. The van der Waals surface area contributed by atoms with Crippen LogP contribution in [0.25, 0.3) is 0 Å². The average molecular weight is 231 g/mol. The highest BCUT2D eigenvalue weighted by molar-refractivity contribution is 5.39. The summed E-state index contributed by atoms with van der Waals surface area (Å²) in [7, 11) is 0. The summed E-state index contributed by atoms with van der Waals surface area (Å²) in [5.41, 5.74) is 7.94. The predicted octanol–water partition coefficient (Wildman–Crippen LogP) is 0.963. The van der Waals surface area contributed by atoms with Crippen molar-refractivity contribution in [3.8, 4) is 0 Å². The molecule has 0 spiro atoms. The van der Waals surface area contributed by atoms with Gasteiger partial charge < -0.3 is 16.0 Å². The van der Waals surface area contributed by atoms with Crippen LogP contribution in [0.2, 0.25) is 0 Å². The van der Waals surface area contributed by atoms with Gasteiger partial charge in [-0.3, -0.25) is 0 Å². The van der Waals surface area contributed by atoms with Crippen molar-refractivity contribution < 1.29 is 0 Å². The second-order valence-corrected chi connectivity index (χ2v) is 5.43. The fourth-order valence-corrected chi connectivity index (χ4v) is 3.11.